The van der Waals surface area contributed by atoms with Crippen LogP contribution in [0.15, 0.2) is 29.3 Å². The van der Waals surface area contributed by atoms with Crippen LogP contribution in [0.1, 0.15) is 31.2 Å². The van der Waals surface area contributed by atoms with Crippen molar-refractivity contribution in [2.75, 3.05) is 13.2 Å². The van der Waals surface area contributed by atoms with Crippen LogP contribution in [0.4, 0.5) is 0 Å². The highest BCUT2D eigenvalue weighted by Gasteiger charge is 2.36. The maximum Gasteiger partial charge on any atom is 0.305 e. The zero-order chi connectivity index (χ0) is 19.4. The number of hydrogen-bond acceptors (Lipinski definition) is 5. The lowest BCUT2D eigenvalue weighted by Crippen LogP contribution is -2.53. The van der Waals surface area contributed by atoms with Crippen molar-refractivity contribution in [3.05, 3.63) is 40.4 Å². The van der Waals surface area contributed by atoms with Crippen molar-refractivity contribution in [2.24, 2.45) is 0 Å². The van der Waals surface area contributed by atoms with E-state index in [1.807, 2.05) is 13.0 Å². The van der Waals surface area contributed by atoms with Crippen LogP contribution in [0.5, 0.6) is 0 Å². The Labute approximate surface area is 156 Å². The van der Waals surface area contributed by atoms with Crippen LogP contribution in [-0.4, -0.2) is 45.3 Å². The van der Waals surface area contributed by atoms with E-state index in [2.05, 4.69) is 10.3 Å². The van der Waals surface area contributed by atoms with Gasteiger partial charge < -0.3 is 15.2 Å². The van der Waals surface area contributed by atoms with Crippen LogP contribution >= 0.6 is 0 Å². The van der Waals surface area contributed by atoms with Gasteiger partial charge in [0.25, 0.3) is 5.56 Å². The molecule has 27 heavy (non-hydrogen) atoms. The van der Waals surface area contributed by atoms with E-state index < -0.39 is 11.5 Å². The van der Waals surface area contributed by atoms with Gasteiger partial charge >= 0.3 is 5.97 Å². The summed E-state index contributed by atoms with van der Waals surface area (Å²) in [6.07, 6.45) is 2.30. The molecule has 8 heteroatoms. The van der Waals surface area contributed by atoms with Gasteiger partial charge in [-0.1, -0.05) is 12.1 Å². The number of carbonyl (C=O) groups is 2. The quantitative estimate of drug-likeness (QED) is 0.788. The van der Waals surface area contributed by atoms with Crippen molar-refractivity contribution in [2.45, 2.75) is 44.7 Å². The molecule has 1 aromatic heterocycles. The minimum Gasteiger partial charge on any atom is -0.481 e. The summed E-state index contributed by atoms with van der Waals surface area (Å²) in [5.74, 6) is -1.24. The van der Waals surface area contributed by atoms with Gasteiger partial charge in [-0.25, -0.2) is 4.98 Å². The fraction of sp³-hybridized carbons (Fsp3) is 0.474. The average molecular weight is 373 g/mol. The number of hydrogen-bond donors (Lipinski definition) is 2. The molecule has 1 aromatic carbocycles. The number of fused-ring (bicyclic) bond motifs is 1. The van der Waals surface area contributed by atoms with Gasteiger partial charge in [0.2, 0.25) is 5.91 Å². The van der Waals surface area contributed by atoms with Crippen LogP contribution in [0.3, 0.4) is 0 Å². The molecule has 2 aromatic rings. The zero-order valence-corrected chi connectivity index (χ0v) is 15.2. The first-order chi connectivity index (χ1) is 12.9. The highest BCUT2D eigenvalue weighted by atomic mass is 16.5. The van der Waals surface area contributed by atoms with E-state index in [0.717, 1.165) is 5.56 Å². The Kier molecular flexibility index (Phi) is 5.55. The first kappa shape index (κ1) is 19.0. The smallest absolute Gasteiger partial charge is 0.305 e. The molecule has 2 N–H and O–H groups in total. The molecule has 144 valence electrons. The van der Waals surface area contributed by atoms with Gasteiger partial charge in [0, 0.05) is 26.2 Å². The fourth-order valence-corrected chi connectivity index (χ4v) is 3.47. The van der Waals surface area contributed by atoms with E-state index in [0.29, 0.717) is 37.0 Å². The normalized spacial score (nSPS) is 16.2. The number of aryl methyl sites for hydroxylation is 2. The van der Waals surface area contributed by atoms with Crippen molar-refractivity contribution in [3.63, 3.8) is 0 Å². The number of aliphatic carboxylic acids is 1. The molecule has 1 aliphatic heterocycles. The highest BCUT2D eigenvalue weighted by molar-refractivity contribution is 5.80. The summed E-state index contributed by atoms with van der Waals surface area (Å²) in [5, 5.41) is 12.5. The maximum absolute atomic E-state index is 12.6. The van der Waals surface area contributed by atoms with Crippen molar-refractivity contribution < 1.29 is 19.4 Å². The summed E-state index contributed by atoms with van der Waals surface area (Å²) in [5.41, 5.74) is 0.600. The lowest BCUT2D eigenvalue weighted by molar-refractivity contribution is -0.140. The number of para-hydroxylation sites is 1. The van der Waals surface area contributed by atoms with Crippen molar-refractivity contribution in [3.8, 4) is 0 Å². The monoisotopic (exact) mass is 373 g/mol. The third-order valence-corrected chi connectivity index (χ3v) is 4.98. The Morgan fingerprint density at radius 2 is 2.07 bits per heavy atom. The van der Waals surface area contributed by atoms with Gasteiger partial charge in [-0.05, 0) is 31.4 Å². The lowest BCUT2D eigenvalue weighted by Gasteiger charge is -2.36. The van der Waals surface area contributed by atoms with Gasteiger partial charge in [-0.3, -0.25) is 19.0 Å². The second-order valence-corrected chi connectivity index (χ2v) is 6.98. The second-order valence-electron chi connectivity index (χ2n) is 6.98. The lowest BCUT2D eigenvalue weighted by atomic mass is 9.86. The van der Waals surface area contributed by atoms with E-state index in [1.165, 1.54) is 10.9 Å². The Hall–Kier alpha value is -2.74. The molecule has 8 nitrogen and oxygen atoms in total. The molecule has 0 spiro atoms. The van der Waals surface area contributed by atoms with E-state index in [9.17, 15) is 14.4 Å². The van der Waals surface area contributed by atoms with Crippen LogP contribution in [0, 0.1) is 6.92 Å². The number of amides is 1. The number of nitrogens with one attached hydrogen (secondary N) is 1. The standard InChI is InChI=1S/C19H23N3O5/c1-13-3-2-4-14-17(13)20-12-22(18(14)26)8-5-15(23)21-19(11-16(24)25)6-9-27-10-7-19/h2-4,12H,5-11H2,1H3,(H,21,23)(H,24,25). The fourth-order valence-electron chi connectivity index (χ4n) is 3.47. The third kappa shape index (κ3) is 4.33. The predicted octanol–water partition coefficient (Wildman–Crippen LogP) is 1.24. The van der Waals surface area contributed by atoms with E-state index in [4.69, 9.17) is 9.84 Å². The molecule has 0 radical (unpaired) electrons. The van der Waals surface area contributed by atoms with E-state index >= 15 is 0 Å². The Morgan fingerprint density at radius 1 is 1.33 bits per heavy atom. The molecule has 1 aliphatic rings. The van der Waals surface area contributed by atoms with Crippen LogP contribution < -0.4 is 10.9 Å². The molecule has 0 saturated carbocycles. The molecule has 1 amide bonds. The number of carbonyl (C=O) groups excluding carboxylic acids is 1. The molecule has 1 fully saturated rings. The van der Waals surface area contributed by atoms with Gasteiger partial charge in [0.05, 0.1) is 29.2 Å². The van der Waals surface area contributed by atoms with Gasteiger partial charge in [0.1, 0.15) is 0 Å². The Morgan fingerprint density at radius 3 is 2.78 bits per heavy atom. The Bertz CT molecular complexity index is 915. The summed E-state index contributed by atoms with van der Waals surface area (Å²) in [4.78, 5) is 40.5. The SMILES string of the molecule is Cc1cccc2c(=O)n(CCC(=O)NC3(CC(=O)O)CCOCC3)cnc12. The highest BCUT2D eigenvalue weighted by Crippen LogP contribution is 2.24. The molecule has 0 bridgehead atoms. The van der Waals surface area contributed by atoms with Crippen molar-refractivity contribution in [1.29, 1.82) is 0 Å². The van der Waals surface area contributed by atoms with Crippen LogP contribution in [-0.2, 0) is 20.9 Å². The first-order valence-corrected chi connectivity index (χ1v) is 8.95. The summed E-state index contributed by atoms with van der Waals surface area (Å²) in [6, 6.07) is 5.42. The Balaban J connectivity index is 1.70. The van der Waals surface area contributed by atoms with Gasteiger partial charge in [-0.15, -0.1) is 0 Å². The first-order valence-electron chi connectivity index (χ1n) is 8.95. The summed E-state index contributed by atoms with van der Waals surface area (Å²) in [6.45, 7) is 2.91. The largest absolute Gasteiger partial charge is 0.481 e. The molecule has 2 heterocycles. The van der Waals surface area contributed by atoms with Crippen molar-refractivity contribution in [1.82, 2.24) is 14.9 Å². The average Bonchev–Trinajstić information content (AvgIpc) is 2.62. The van der Waals surface area contributed by atoms with Crippen LogP contribution in [0.25, 0.3) is 10.9 Å². The predicted molar refractivity (Wildman–Crippen MR) is 98.5 cm³/mol. The zero-order valence-electron chi connectivity index (χ0n) is 15.2. The molecular formula is C19H23N3O5. The van der Waals surface area contributed by atoms with Gasteiger partial charge in [0.15, 0.2) is 0 Å². The molecule has 3 rings (SSSR count). The van der Waals surface area contributed by atoms with Crippen molar-refractivity contribution >= 4 is 22.8 Å². The molecule has 1 saturated heterocycles. The summed E-state index contributed by atoms with van der Waals surface area (Å²) < 4.78 is 6.70. The minimum absolute atomic E-state index is 0.0706. The third-order valence-electron chi connectivity index (χ3n) is 4.98. The van der Waals surface area contributed by atoms with Crippen LogP contribution in [0.2, 0.25) is 0 Å². The topological polar surface area (TPSA) is 111 Å². The number of ether oxygens (including phenoxy) is 1. The number of carboxylic acid groups (broad SMARTS) is 1. The number of rotatable bonds is 6. The second kappa shape index (κ2) is 7.87. The number of carboxylic acids is 1. The molecule has 0 unspecified atom stereocenters. The molecular weight excluding hydrogens is 350 g/mol. The van der Waals surface area contributed by atoms with E-state index in [1.54, 1.807) is 12.1 Å². The minimum atomic E-state index is -0.956. The number of benzene rings is 1. The number of aromatic nitrogens is 2. The summed E-state index contributed by atoms with van der Waals surface area (Å²) >= 11 is 0. The summed E-state index contributed by atoms with van der Waals surface area (Å²) in [7, 11) is 0. The molecule has 0 aliphatic carbocycles. The van der Waals surface area contributed by atoms with Gasteiger partial charge in [-0.2, -0.15) is 0 Å². The van der Waals surface area contributed by atoms with E-state index in [-0.39, 0.29) is 30.9 Å². The maximum atomic E-state index is 12.6. The molecule has 0 atom stereocenters. The number of nitrogens with zero attached hydrogens (tertiary/aromatic N) is 2.